The highest BCUT2D eigenvalue weighted by molar-refractivity contribution is 6.05. The van der Waals surface area contributed by atoms with E-state index >= 15 is 0 Å². The van der Waals surface area contributed by atoms with Gasteiger partial charge in [0.1, 0.15) is 19.5 Å². The molecule has 0 unspecified atom stereocenters. The van der Waals surface area contributed by atoms with Gasteiger partial charge in [-0.25, -0.2) is 0 Å². The maximum absolute atomic E-state index is 11.5. The van der Waals surface area contributed by atoms with Crippen molar-refractivity contribution in [2.24, 2.45) is 0 Å². The van der Waals surface area contributed by atoms with Gasteiger partial charge in [0.15, 0.2) is 5.76 Å². The van der Waals surface area contributed by atoms with E-state index in [9.17, 15) is 4.79 Å². The zero-order chi connectivity index (χ0) is 9.10. The molecule has 2 rings (SSSR count). The van der Waals surface area contributed by atoms with E-state index in [0.29, 0.717) is 13.2 Å². The fraction of sp³-hybridized carbons (Fsp3) is 0.222. The predicted octanol–water partition coefficient (Wildman–Crippen LogP) is 1.35. The zero-order valence-electron chi connectivity index (χ0n) is 6.86. The molecule has 1 aliphatic heterocycles. The maximum Gasteiger partial charge on any atom is 0.265 e. The van der Waals surface area contributed by atoms with Crippen molar-refractivity contribution < 1.29 is 18.7 Å². The molecule has 0 fully saturated rings. The highest BCUT2D eigenvalue weighted by Gasteiger charge is 2.18. The Kier molecular flexibility index (Phi) is 2.04. The SMILES string of the molecule is O=C(C1=COCCO1)c1ccco1. The number of furan rings is 1. The van der Waals surface area contributed by atoms with E-state index in [0.717, 1.165) is 0 Å². The summed E-state index contributed by atoms with van der Waals surface area (Å²) in [5.74, 6) is 0.169. The van der Waals surface area contributed by atoms with Gasteiger partial charge in [0.25, 0.3) is 5.78 Å². The van der Waals surface area contributed by atoms with Gasteiger partial charge in [-0.2, -0.15) is 0 Å². The molecule has 4 nitrogen and oxygen atoms in total. The summed E-state index contributed by atoms with van der Waals surface area (Å²) < 4.78 is 15.0. The van der Waals surface area contributed by atoms with Crippen molar-refractivity contribution in [3.8, 4) is 0 Å². The van der Waals surface area contributed by atoms with Gasteiger partial charge in [0, 0.05) is 0 Å². The largest absolute Gasteiger partial charge is 0.494 e. The Balaban J connectivity index is 2.17. The number of Topliss-reactive ketones (excluding diaryl/α,β-unsaturated/α-hetero) is 1. The highest BCUT2D eigenvalue weighted by Crippen LogP contribution is 2.12. The van der Waals surface area contributed by atoms with Crippen molar-refractivity contribution in [1.29, 1.82) is 0 Å². The molecular weight excluding hydrogens is 172 g/mol. The van der Waals surface area contributed by atoms with Gasteiger partial charge < -0.3 is 13.9 Å². The van der Waals surface area contributed by atoms with Crippen molar-refractivity contribution in [1.82, 2.24) is 0 Å². The van der Waals surface area contributed by atoms with Crippen LogP contribution in [0.1, 0.15) is 10.6 Å². The van der Waals surface area contributed by atoms with Crippen LogP contribution in [0.15, 0.2) is 34.8 Å². The van der Waals surface area contributed by atoms with E-state index in [2.05, 4.69) is 0 Å². The summed E-state index contributed by atoms with van der Waals surface area (Å²) in [5.41, 5.74) is 0. The molecule has 13 heavy (non-hydrogen) atoms. The van der Waals surface area contributed by atoms with E-state index in [1.54, 1.807) is 12.1 Å². The van der Waals surface area contributed by atoms with E-state index in [1.165, 1.54) is 12.5 Å². The summed E-state index contributed by atoms with van der Waals surface area (Å²) in [6, 6.07) is 3.23. The summed E-state index contributed by atoms with van der Waals surface area (Å²) in [7, 11) is 0. The summed E-state index contributed by atoms with van der Waals surface area (Å²) in [4.78, 5) is 11.5. The Labute approximate surface area is 74.7 Å². The van der Waals surface area contributed by atoms with E-state index in [1.807, 2.05) is 0 Å². The summed E-state index contributed by atoms with van der Waals surface area (Å²) >= 11 is 0. The fourth-order valence-corrected chi connectivity index (χ4v) is 1.02. The lowest BCUT2D eigenvalue weighted by atomic mass is 10.2. The molecule has 0 aromatic carbocycles. The van der Waals surface area contributed by atoms with Crippen LogP contribution in [-0.4, -0.2) is 19.0 Å². The molecule has 0 N–H and O–H groups in total. The van der Waals surface area contributed by atoms with Gasteiger partial charge in [-0.15, -0.1) is 0 Å². The molecule has 0 saturated carbocycles. The van der Waals surface area contributed by atoms with Crippen LogP contribution in [0.25, 0.3) is 0 Å². The van der Waals surface area contributed by atoms with E-state index in [4.69, 9.17) is 13.9 Å². The number of rotatable bonds is 2. The molecule has 68 valence electrons. The molecule has 1 aromatic rings. The quantitative estimate of drug-likeness (QED) is 0.644. The molecular formula is C9H8O4. The number of hydrogen-bond donors (Lipinski definition) is 0. The second-order valence-corrected chi connectivity index (χ2v) is 2.51. The molecule has 0 radical (unpaired) electrons. The topological polar surface area (TPSA) is 48.7 Å². The Bertz CT molecular complexity index is 323. The highest BCUT2D eigenvalue weighted by atomic mass is 16.6. The second-order valence-electron chi connectivity index (χ2n) is 2.51. The lowest BCUT2D eigenvalue weighted by Gasteiger charge is -2.13. The first-order chi connectivity index (χ1) is 6.38. The van der Waals surface area contributed by atoms with Crippen molar-refractivity contribution in [3.63, 3.8) is 0 Å². The number of hydrogen-bond acceptors (Lipinski definition) is 4. The van der Waals surface area contributed by atoms with Crippen molar-refractivity contribution in [2.75, 3.05) is 13.2 Å². The van der Waals surface area contributed by atoms with Crippen LogP contribution < -0.4 is 0 Å². The number of allylic oxidation sites excluding steroid dienone is 1. The number of carbonyl (C=O) groups is 1. The van der Waals surface area contributed by atoms with Crippen LogP contribution in [0, 0.1) is 0 Å². The lowest BCUT2D eigenvalue weighted by Crippen LogP contribution is -2.14. The first-order valence-corrected chi connectivity index (χ1v) is 3.91. The van der Waals surface area contributed by atoms with Gasteiger partial charge in [0.05, 0.1) is 6.26 Å². The third-order valence-electron chi connectivity index (χ3n) is 1.62. The van der Waals surface area contributed by atoms with Gasteiger partial charge in [-0.3, -0.25) is 4.79 Å². The maximum atomic E-state index is 11.5. The molecule has 0 aliphatic carbocycles. The molecule has 0 bridgehead atoms. The fourth-order valence-electron chi connectivity index (χ4n) is 1.02. The molecule has 0 atom stereocenters. The van der Waals surface area contributed by atoms with Crippen molar-refractivity contribution >= 4 is 5.78 Å². The standard InChI is InChI=1S/C9H8O4/c10-9(7-2-1-3-12-7)8-6-11-4-5-13-8/h1-3,6H,4-5H2. The Morgan fingerprint density at radius 1 is 1.38 bits per heavy atom. The molecule has 4 heteroatoms. The van der Waals surface area contributed by atoms with Crippen LogP contribution in [0.3, 0.4) is 0 Å². The first kappa shape index (κ1) is 7.91. The minimum absolute atomic E-state index is 0.196. The van der Waals surface area contributed by atoms with Crippen LogP contribution in [0.4, 0.5) is 0 Å². The van der Waals surface area contributed by atoms with Gasteiger partial charge in [-0.05, 0) is 12.1 Å². The number of carbonyl (C=O) groups excluding carboxylic acids is 1. The molecule has 1 aliphatic rings. The van der Waals surface area contributed by atoms with Gasteiger partial charge in [-0.1, -0.05) is 0 Å². The summed E-state index contributed by atoms with van der Waals surface area (Å²) in [5, 5.41) is 0. The van der Waals surface area contributed by atoms with E-state index in [-0.39, 0.29) is 17.3 Å². The number of ether oxygens (including phenoxy) is 2. The summed E-state index contributed by atoms with van der Waals surface area (Å²) in [6.45, 7) is 0.882. The van der Waals surface area contributed by atoms with Crippen molar-refractivity contribution in [2.45, 2.75) is 0 Å². The van der Waals surface area contributed by atoms with Gasteiger partial charge >= 0.3 is 0 Å². The first-order valence-electron chi connectivity index (χ1n) is 3.91. The third kappa shape index (κ3) is 1.56. The van der Waals surface area contributed by atoms with Crippen LogP contribution in [0.5, 0.6) is 0 Å². The number of ketones is 1. The normalized spacial score (nSPS) is 15.5. The van der Waals surface area contributed by atoms with Crippen LogP contribution in [-0.2, 0) is 9.47 Å². The predicted molar refractivity (Wildman–Crippen MR) is 43.0 cm³/mol. The summed E-state index contributed by atoms with van der Waals surface area (Å²) in [6.07, 6.45) is 2.76. The Hall–Kier alpha value is -1.71. The van der Waals surface area contributed by atoms with Crippen molar-refractivity contribution in [3.05, 3.63) is 36.2 Å². The van der Waals surface area contributed by atoms with Crippen LogP contribution >= 0.6 is 0 Å². The Morgan fingerprint density at radius 2 is 2.31 bits per heavy atom. The molecule has 1 aromatic heterocycles. The minimum atomic E-state index is -0.287. The molecule has 0 amide bonds. The zero-order valence-corrected chi connectivity index (χ0v) is 6.86. The third-order valence-corrected chi connectivity index (χ3v) is 1.62. The lowest BCUT2D eigenvalue weighted by molar-refractivity contribution is 0.0636. The monoisotopic (exact) mass is 180 g/mol. The molecule has 0 spiro atoms. The average Bonchev–Trinajstić information content (AvgIpc) is 2.71. The smallest absolute Gasteiger partial charge is 0.265 e. The average molecular weight is 180 g/mol. The molecule has 2 heterocycles. The Morgan fingerprint density at radius 3 is 2.92 bits per heavy atom. The van der Waals surface area contributed by atoms with Crippen LogP contribution in [0.2, 0.25) is 0 Å². The van der Waals surface area contributed by atoms with Gasteiger partial charge in [0.2, 0.25) is 5.76 Å². The molecule has 0 saturated heterocycles. The second kappa shape index (κ2) is 3.35. The van der Waals surface area contributed by atoms with E-state index < -0.39 is 0 Å². The minimum Gasteiger partial charge on any atom is -0.494 e.